The minimum absolute atomic E-state index is 0.512. The third-order valence-electron chi connectivity index (χ3n) is 5.14. The lowest BCUT2D eigenvalue weighted by Gasteiger charge is -2.42. The zero-order valence-corrected chi connectivity index (χ0v) is 14.9. The monoisotopic (exact) mass is 322 g/mol. The van der Waals surface area contributed by atoms with E-state index in [1.807, 2.05) is 0 Å². The van der Waals surface area contributed by atoms with Crippen LogP contribution in [0, 0.1) is 5.41 Å². The molecule has 0 amide bonds. The molecule has 1 saturated heterocycles. The standard InChI is InChI=1S/C17H26N2S2/c1-4-17(5-2)9-11-19(12-10-17)13-7-6-8-14(21-3)15(13)16(18)20/h6-8H,4-5,9-12H2,1-3H3,(H2,18,20). The van der Waals surface area contributed by atoms with E-state index in [0.29, 0.717) is 10.4 Å². The van der Waals surface area contributed by atoms with Gasteiger partial charge in [-0.1, -0.05) is 45.0 Å². The highest BCUT2D eigenvalue weighted by Gasteiger charge is 2.32. The average molecular weight is 323 g/mol. The number of benzene rings is 1. The Hall–Kier alpha value is -0.740. The van der Waals surface area contributed by atoms with E-state index >= 15 is 0 Å². The summed E-state index contributed by atoms with van der Waals surface area (Å²) < 4.78 is 0. The van der Waals surface area contributed by atoms with E-state index in [9.17, 15) is 0 Å². The fourth-order valence-electron chi connectivity index (χ4n) is 3.38. The summed E-state index contributed by atoms with van der Waals surface area (Å²) in [4.78, 5) is 4.17. The number of hydrogen-bond acceptors (Lipinski definition) is 3. The molecule has 1 heterocycles. The Kier molecular flexibility index (Phi) is 5.55. The fraction of sp³-hybridized carbons (Fsp3) is 0.588. The van der Waals surface area contributed by atoms with E-state index in [1.165, 1.54) is 36.3 Å². The summed E-state index contributed by atoms with van der Waals surface area (Å²) in [6.45, 7) is 6.87. The van der Waals surface area contributed by atoms with Gasteiger partial charge in [0.15, 0.2) is 0 Å². The topological polar surface area (TPSA) is 29.3 Å². The summed E-state index contributed by atoms with van der Waals surface area (Å²) in [6.07, 6.45) is 7.17. The van der Waals surface area contributed by atoms with Crippen molar-refractivity contribution in [3.05, 3.63) is 23.8 Å². The smallest absolute Gasteiger partial charge is 0.107 e. The molecule has 116 valence electrons. The lowest BCUT2D eigenvalue weighted by molar-refractivity contribution is 0.199. The van der Waals surface area contributed by atoms with Crippen LogP contribution in [0.2, 0.25) is 0 Å². The van der Waals surface area contributed by atoms with Gasteiger partial charge in [-0.15, -0.1) is 11.8 Å². The van der Waals surface area contributed by atoms with Gasteiger partial charge < -0.3 is 10.6 Å². The molecule has 0 aliphatic carbocycles. The first-order valence-corrected chi connectivity index (χ1v) is 9.42. The Morgan fingerprint density at radius 2 is 1.90 bits per heavy atom. The van der Waals surface area contributed by atoms with E-state index < -0.39 is 0 Å². The molecule has 0 spiro atoms. The third-order valence-corrected chi connectivity index (χ3v) is 6.12. The second-order valence-electron chi connectivity index (χ2n) is 5.91. The summed E-state index contributed by atoms with van der Waals surface area (Å²) in [6, 6.07) is 6.39. The molecule has 21 heavy (non-hydrogen) atoms. The minimum atomic E-state index is 0.512. The maximum atomic E-state index is 5.99. The highest BCUT2D eigenvalue weighted by Crippen LogP contribution is 2.40. The van der Waals surface area contributed by atoms with Crippen LogP contribution < -0.4 is 10.6 Å². The van der Waals surface area contributed by atoms with Gasteiger partial charge in [0.1, 0.15) is 4.99 Å². The molecule has 2 rings (SSSR count). The van der Waals surface area contributed by atoms with Crippen molar-refractivity contribution in [2.75, 3.05) is 24.2 Å². The van der Waals surface area contributed by atoms with Gasteiger partial charge in [-0.2, -0.15) is 0 Å². The lowest BCUT2D eigenvalue weighted by Crippen LogP contribution is -2.40. The van der Waals surface area contributed by atoms with Crippen molar-refractivity contribution in [3.8, 4) is 0 Å². The van der Waals surface area contributed by atoms with Crippen molar-refractivity contribution in [1.82, 2.24) is 0 Å². The van der Waals surface area contributed by atoms with Crippen molar-refractivity contribution >= 4 is 34.7 Å². The number of thiocarbonyl (C=S) groups is 1. The molecule has 2 N–H and O–H groups in total. The molecule has 0 bridgehead atoms. The Bertz CT molecular complexity index is 500. The Morgan fingerprint density at radius 3 is 2.38 bits per heavy atom. The van der Waals surface area contributed by atoms with Crippen LogP contribution in [0.4, 0.5) is 5.69 Å². The number of nitrogens with two attached hydrogens (primary N) is 1. The van der Waals surface area contributed by atoms with Crippen molar-refractivity contribution in [2.45, 2.75) is 44.4 Å². The highest BCUT2D eigenvalue weighted by atomic mass is 32.2. The van der Waals surface area contributed by atoms with Crippen LogP contribution in [0.3, 0.4) is 0 Å². The molecule has 1 fully saturated rings. The summed E-state index contributed by atoms with van der Waals surface area (Å²) in [5, 5.41) is 0. The highest BCUT2D eigenvalue weighted by molar-refractivity contribution is 7.98. The van der Waals surface area contributed by atoms with Crippen molar-refractivity contribution in [2.24, 2.45) is 11.1 Å². The first-order valence-electron chi connectivity index (χ1n) is 7.78. The van der Waals surface area contributed by atoms with Gasteiger partial charge in [0.05, 0.1) is 0 Å². The maximum absolute atomic E-state index is 5.99. The molecule has 1 aromatic rings. The van der Waals surface area contributed by atoms with Crippen LogP contribution in [-0.4, -0.2) is 24.3 Å². The van der Waals surface area contributed by atoms with Crippen LogP contribution in [0.25, 0.3) is 0 Å². The van der Waals surface area contributed by atoms with Crippen LogP contribution in [0.1, 0.15) is 45.1 Å². The molecular formula is C17H26N2S2. The first kappa shape index (κ1) is 16.6. The number of thioether (sulfide) groups is 1. The van der Waals surface area contributed by atoms with E-state index in [1.54, 1.807) is 11.8 Å². The average Bonchev–Trinajstić information content (AvgIpc) is 2.54. The molecule has 1 aliphatic heterocycles. The second kappa shape index (κ2) is 7.01. The number of hydrogen-bond donors (Lipinski definition) is 1. The van der Waals surface area contributed by atoms with Crippen molar-refractivity contribution < 1.29 is 0 Å². The quantitative estimate of drug-likeness (QED) is 0.640. The van der Waals surface area contributed by atoms with E-state index in [-0.39, 0.29) is 0 Å². The maximum Gasteiger partial charge on any atom is 0.107 e. The van der Waals surface area contributed by atoms with Crippen LogP contribution in [0.5, 0.6) is 0 Å². The molecule has 0 radical (unpaired) electrons. The third kappa shape index (κ3) is 3.37. The second-order valence-corrected chi connectivity index (χ2v) is 7.20. The molecule has 0 saturated carbocycles. The van der Waals surface area contributed by atoms with Crippen molar-refractivity contribution in [1.29, 1.82) is 0 Å². The first-order chi connectivity index (χ1) is 10.1. The molecule has 4 heteroatoms. The molecule has 1 aromatic carbocycles. The summed E-state index contributed by atoms with van der Waals surface area (Å²) in [5.74, 6) is 0. The lowest BCUT2D eigenvalue weighted by atomic mass is 9.74. The summed E-state index contributed by atoms with van der Waals surface area (Å²) in [5.41, 5.74) is 8.81. The van der Waals surface area contributed by atoms with E-state index in [2.05, 4.69) is 43.2 Å². The van der Waals surface area contributed by atoms with Crippen LogP contribution in [-0.2, 0) is 0 Å². The van der Waals surface area contributed by atoms with Gasteiger partial charge in [0, 0.05) is 29.2 Å². The van der Waals surface area contributed by atoms with Crippen LogP contribution >= 0.6 is 24.0 Å². The number of nitrogens with zero attached hydrogens (tertiary/aromatic N) is 1. The normalized spacial score (nSPS) is 17.8. The van der Waals surface area contributed by atoms with Gasteiger partial charge >= 0.3 is 0 Å². The number of piperidine rings is 1. The fourth-order valence-corrected chi connectivity index (χ4v) is 4.29. The van der Waals surface area contributed by atoms with E-state index in [4.69, 9.17) is 18.0 Å². The zero-order valence-electron chi connectivity index (χ0n) is 13.3. The van der Waals surface area contributed by atoms with Crippen molar-refractivity contribution in [3.63, 3.8) is 0 Å². The SMILES string of the molecule is CCC1(CC)CCN(c2cccc(SC)c2C(N)=S)CC1. The molecule has 0 aromatic heterocycles. The van der Waals surface area contributed by atoms with Gasteiger partial charge in [0.2, 0.25) is 0 Å². The Balaban J connectivity index is 2.26. The number of anilines is 1. The Labute approximate surface area is 138 Å². The van der Waals surface area contributed by atoms with Gasteiger partial charge in [-0.25, -0.2) is 0 Å². The predicted molar refractivity (Wildman–Crippen MR) is 98.6 cm³/mol. The van der Waals surface area contributed by atoms with Gasteiger partial charge in [-0.3, -0.25) is 0 Å². The number of rotatable bonds is 5. The van der Waals surface area contributed by atoms with Gasteiger partial charge in [0.25, 0.3) is 0 Å². The van der Waals surface area contributed by atoms with Gasteiger partial charge in [-0.05, 0) is 36.6 Å². The summed E-state index contributed by atoms with van der Waals surface area (Å²) >= 11 is 7.02. The zero-order chi connectivity index (χ0) is 15.5. The molecule has 1 aliphatic rings. The summed E-state index contributed by atoms with van der Waals surface area (Å²) in [7, 11) is 0. The minimum Gasteiger partial charge on any atom is -0.389 e. The van der Waals surface area contributed by atoms with Crippen LogP contribution in [0.15, 0.2) is 23.1 Å². The predicted octanol–water partition coefficient (Wildman–Crippen LogP) is 4.45. The largest absolute Gasteiger partial charge is 0.389 e. The molecule has 2 nitrogen and oxygen atoms in total. The van der Waals surface area contributed by atoms with E-state index in [0.717, 1.165) is 18.7 Å². The molecule has 0 unspecified atom stereocenters. The molecular weight excluding hydrogens is 296 g/mol. The molecule has 0 atom stereocenters. The Morgan fingerprint density at radius 1 is 1.29 bits per heavy atom.